The Hall–Kier alpha value is -2.41. The zero-order valence-electron chi connectivity index (χ0n) is 12.3. The Kier molecular flexibility index (Phi) is 5.11. The first-order chi connectivity index (χ1) is 10.5. The number of hydrogen-bond donors (Lipinski definition) is 2. The molecule has 1 atom stereocenters. The minimum absolute atomic E-state index is 0.107. The fraction of sp³-hybridized carbons (Fsp3) is 0.333. The fourth-order valence-corrected chi connectivity index (χ4v) is 2.17. The first kappa shape index (κ1) is 16.0. The van der Waals surface area contributed by atoms with E-state index in [9.17, 15) is 14.0 Å². The summed E-state index contributed by atoms with van der Waals surface area (Å²) in [7, 11) is 1.50. The number of carbonyl (C=O) groups excluding carboxylic acids is 2. The van der Waals surface area contributed by atoms with Crippen LogP contribution in [0, 0.1) is 5.82 Å². The van der Waals surface area contributed by atoms with Crippen LogP contribution in [0.2, 0.25) is 0 Å². The maximum absolute atomic E-state index is 13.1. The molecule has 22 heavy (non-hydrogen) atoms. The third kappa shape index (κ3) is 3.62. The molecule has 1 aromatic rings. The van der Waals surface area contributed by atoms with Crippen molar-refractivity contribution in [1.29, 1.82) is 0 Å². The number of halogens is 1. The van der Waals surface area contributed by atoms with E-state index in [1.54, 1.807) is 6.92 Å². The number of rotatable bonds is 5. The van der Waals surface area contributed by atoms with Gasteiger partial charge in [-0.25, -0.2) is 14.0 Å². The van der Waals surface area contributed by atoms with E-state index in [2.05, 4.69) is 10.6 Å². The van der Waals surface area contributed by atoms with Crippen LogP contribution in [-0.4, -0.2) is 32.3 Å². The Bertz CT molecular complexity index is 598. The Morgan fingerprint density at radius 1 is 1.27 bits per heavy atom. The lowest BCUT2D eigenvalue weighted by Gasteiger charge is -2.28. The first-order valence-corrected chi connectivity index (χ1v) is 6.72. The Labute approximate surface area is 127 Å². The molecule has 2 rings (SSSR count). The fourth-order valence-electron chi connectivity index (χ4n) is 2.17. The minimum Gasteiger partial charge on any atom is -0.460 e. The third-order valence-electron chi connectivity index (χ3n) is 3.21. The van der Waals surface area contributed by atoms with Crippen LogP contribution in [0.4, 0.5) is 9.18 Å². The number of benzene rings is 1. The predicted octanol–water partition coefficient (Wildman–Crippen LogP) is 1.64. The number of esters is 1. The lowest BCUT2D eigenvalue weighted by Crippen LogP contribution is -2.45. The number of amides is 2. The maximum atomic E-state index is 13.1. The van der Waals surface area contributed by atoms with Gasteiger partial charge < -0.3 is 20.1 Å². The van der Waals surface area contributed by atoms with E-state index in [1.807, 2.05) is 0 Å². The average Bonchev–Trinajstić information content (AvgIpc) is 2.47. The molecule has 118 valence electrons. The van der Waals surface area contributed by atoms with Crippen molar-refractivity contribution in [3.63, 3.8) is 0 Å². The summed E-state index contributed by atoms with van der Waals surface area (Å²) in [6.45, 7) is 2.00. The van der Waals surface area contributed by atoms with Gasteiger partial charge in [0, 0.05) is 12.8 Å². The SMILES string of the molecule is COCCOC(=O)C1=C(C)NC(=O)N[C@H]1c1ccc(F)cc1. The van der Waals surface area contributed by atoms with Crippen LogP contribution in [0.1, 0.15) is 18.5 Å². The molecule has 0 saturated heterocycles. The van der Waals surface area contributed by atoms with E-state index < -0.39 is 23.9 Å². The summed E-state index contributed by atoms with van der Waals surface area (Å²) in [6.07, 6.45) is 0. The number of urea groups is 1. The molecule has 6 nitrogen and oxygen atoms in total. The lowest BCUT2D eigenvalue weighted by molar-refractivity contribution is -0.140. The van der Waals surface area contributed by atoms with E-state index in [-0.39, 0.29) is 18.8 Å². The summed E-state index contributed by atoms with van der Waals surface area (Å²) >= 11 is 0. The van der Waals surface area contributed by atoms with Crippen molar-refractivity contribution in [2.45, 2.75) is 13.0 Å². The van der Waals surface area contributed by atoms with E-state index in [4.69, 9.17) is 9.47 Å². The van der Waals surface area contributed by atoms with Crippen molar-refractivity contribution < 1.29 is 23.5 Å². The number of carbonyl (C=O) groups is 2. The summed E-state index contributed by atoms with van der Waals surface area (Å²) in [5, 5.41) is 5.18. The van der Waals surface area contributed by atoms with Crippen LogP contribution >= 0.6 is 0 Å². The Morgan fingerprint density at radius 3 is 2.59 bits per heavy atom. The second-order valence-corrected chi connectivity index (χ2v) is 4.75. The van der Waals surface area contributed by atoms with Crippen molar-refractivity contribution in [2.75, 3.05) is 20.3 Å². The second kappa shape index (κ2) is 7.04. The average molecular weight is 308 g/mol. The van der Waals surface area contributed by atoms with E-state index >= 15 is 0 Å². The quantitative estimate of drug-likeness (QED) is 0.640. The van der Waals surface area contributed by atoms with Gasteiger partial charge in [-0.15, -0.1) is 0 Å². The standard InChI is InChI=1S/C15H17FN2O4/c1-9-12(14(19)22-8-7-21-2)13(18-15(20)17-9)10-3-5-11(16)6-4-10/h3-6,13H,7-8H2,1-2H3,(H2,17,18,20)/t13-/m0/s1. The number of ether oxygens (including phenoxy) is 2. The highest BCUT2D eigenvalue weighted by Gasteiger charge is 2.32. The Morgan fingerprint density at radius 2 is 1.95 bits per heavy atom. The van der Waals surface area contributed by atoms with Crippen LogP contribution in [0.25, 0.3) is 0 Å². The second-order valence-electron chi connectivity index (χ2n) is 4.75. The van der Waals surface area contributed by atoms with Crippen molar-refractivity contribution in [3.05, 3.63) is 46.9 Å². The topological polar surface area (TPSA) is 76.7 Å². The Balaban J connectivity index is 2.28. The van der Waals surface area contributed by atoms with Crippen LogP contribution in [0.5, 0.6) is 0 Å². The van der Waals surface area contributed by atoms with Gasteiger partial charge in [0.1, 0.15) is 12.4 Å². The van der Waals surface area contributed by atoms with Gasteiger partial charge >= 0.3 is 12.0 Å². The van der Waals surface area contributed by atoms with Gasteiger partial charge in [-0.2, -0.15) is 0 Å². The van der Waals surface area contributed by atoms with Crippen molar-refractivity contribution in [2.24, 2.45) is 0 Å². The first-order valence-electron chi connectivity index (χ1n) is 6.72. The normalized spacial score (nSPS) is 17.8. The molecule has 2 N–H and O–H groups in total. The van der Waals surface area contributed by atoms with Gasteiger partial charge in [0.15, 0.2) is 0 Å². The molecule has 0 radical (unpaired) electrons. The minimum atomic E-state index is -0.690. The molecule has 7 heteroatoms. The van der Waals surface area contributed by atoms with Crippen LogP contribution in [-0.2, 0) is 14.3 Å². The highest BCUT2D eigenvalue weighted by molar-refractivity contribution is 5.95. The van der Waals surface area contributed by atoms with Gasteiger partial charge in [0.25, 0.3) is 0 Å². The monoisotopic (exact) mass is 308 g/mol. The van der Waals surface area contributed by atoms with Gasteiger partial charge in [-0.1, -0.05) is 12.1 Å². The van der Waals surface area contributed by atoms with E-state index in [0.717, 1.165) is 0 Å². The molecule has 1 aromatic carbocycles. The smallest absolute Gasteiger partial charge is 0.338 e. The molecule has 0 unspecified atom stereocenters. The van der Waals surface area contributed by atoms with Gasteiger partial charge in [-0.3, -0.25) is 0 Å². The third-order valence-corrected chi connectivity index (χ3v) is 3.21. The molecule has 1 heterocycles. The molecular formula is C15H17FN2O4. The van der Waals surface area contributed by atoms with Crippen molar-refractivity contribution in [3.8, 4) is 0 Å². The summed E-state index contributed by atoms with van der Waals surface area (Å²) in [6, 6.07) is 4.45. The summed E-state index contributed by atoms with van der Waals surface area (Å²) < 4.78 is 23.0. The predicted molar refractivity (Wildman–Crippen MR) is 76.3 cm³/mol. The number of allylic oxidation sites excluding steroid dienone is 1. The van der Waals surface area contributed by atoms with E-state index in [0.29, 0.717) is 11.3 Å². The largest absolute Gasteiger partial charge is 0.460 e. The molecule has 0 spiro atoms. The van der Waals surface area contributed by atoms with Crippen molar-refractivity contribution >= 4 is 12.0 Å². The molecule has 0 saturated carbocycles. The highest BCUT2D eigenvalue weighted by atomic mass is 19.1. The molecule has 0 aromatic heterocycles. The molecule has 2 amide bonds. The molecule has 1 aliphatic heterocycles. The maximum Gasteiger partial charge on any atom is 0.338 e. The molecule has 0 bridgehead atoms. The molecule has 0 fully saturated rings. The molecule has 0 aliphatic carbocycles. The highest BCUT2D eigenvalue weighted by Crippen LogP contribution is 2.27. The van der Waals surface area contributed by atoms with Gasteiger partial charge in [0.05, 0.1) is 18.2 Å². The summed E-state index contributed by atoms with van der Waals surface area (Å²) in [4.78, 5) is 23.9. The lowest BCUT2D eigenvalue weighted by atomic mass is 9.95. The number of methoxy groups -OCH3 is 1. The zero-order valence-corrected chi connectivity index (χ0v) is 12.3. The van der Waals surface area contributed by atoms with E-state index in [1.165, 1.54) is 31.4 Å². The van der Waals surface area contributed by atoms with Crippen LogP contribution in [0.3, 0.4) is 0 Å². The van der Waals surface area contributed by atoms with Gasteiger partial charge in [-0.05, 0) is 24.6 Å². The van der Waals surface area contributed by atoms with Crippen LogP contribution < -0.4 is 10.6 Å². The zero-order chi connectivity index (χ0) is 16.1. The van der Waals surface area contributed by atoms with Crippen molar-refractivity contribution in [1.82, 2.24) is 10.6 Å². The number of nitrogens with one attached hydrogen (secondary N) is 2. The number of hydrogen-bond acceptors (Lipinski definition) is 4. The molecular weight excluding hydrogens is 291 g/mol. The molecule has 1 aliphatic rings. The van der Waals surface area contributed by atoms with Crippen LogP contribution in [0.15, 0.2) is 35.5 Å². The summed E-state index contributed by atoms with van der Waals surface area (Å²) in [5.74, 6) is -0.953. The van der Waals surface area contributed by atoms with Gasteiger partial charge in [0.2, 0.25) is 0 Å². The summed E-state index contributed by atoms with van der Waals surface area (Å²) in [5.41, 5.74) is 1.28.